The number of carbonyl (C=O) groups is 5. The summed E-state index contributed by atoms with van der Waals surface area (Å²) >= 11 is 0. The molecule has 2 aliphatic carbocycles. The summed E-state index contributed by atoms with van der Waals surface area (Å²) < 4.78 is 97.4. The number of esters is 2. The second-order valence-electron chi connectivity index (χ2n) is 16.2. The van der Waals surface area contributed by atoms with Gasteiger partial charge in [-0.05, 0) is 130 Å². The number of methoxy groups -OCH3 is 2. The molecule has 14 nitrogen and oxygen atoms in total. The van der Waals surface area contributed by atoms with E-state index in [4.69, 9.17) is 14.2 Å². The van der Waals surface area contributed by atoms with Gasteiger partial charge in [-0.15, -0.1) is 0 Å². The molecular weight excluding hydrogens is 867 g/mol. The number of carbonyl (C=O) groups excluding carboxylic acids is 5. The maximum atomic E-state index is 13.7. The van der Waals surface area contributed by atoms with Gasteiger partial charge in [-0.2, -0.15) is 26.3 Å². The van der Waals surface area contributed by atoms with E-state index >= 15 is 0 Å². The van der Waals surface area contributed by atoms with Crippen molar-refractivity contribution in [2.24, 2.45) is 0 Å². The Bertz CT molecular complexity index is 2840. The molecule has 1 N–H and O–H groups in total. The zero-order valence-corrected chi connectivity index (χ0v) is 35.3. The fourth-order valence-corrected chi connectivity index (χ4v) is 6.95. The highest BCUT2D eigenvalue weighted by atomic mass is 19.4. The monoisotopic (exact) mass is 906 g/mol. The first-order valence-electron chi connectivity index (χ1n) is 20.0. The van der Waals surface area contributed by atoms with Crippen molar-refractivity contribution in [1.82, 2.24) is 19.5 Å². The summed E-state index contributed by atoms with van der Waals surface area (Å²) in [4.78, 5) is 74.2. The number of pyridine rings is 2. The number of halogens is 6. The molecule has 2 aliphatic rings. The predicted molar refractivity (Wildman–Crippen MR) is 223 cm³/mol. The number of fused-ring (bicyclic) bond motifs is 2. The fraction of sp³-hybridized carbons (Fsp3) is 0.311. The lowest BCUT2D eigenvalue weighted by atomic mass is 10.1. The van der Waals surface area contributed by atoms with Gasteiger partial charge < -0.3 is 19.2 Å². The molecule has 0 aliphatic heterocycles. The van der Waals surface area contributed by atoms with E-state index in [1.54, 1.807) is 39.1 Å². The summed E-state index contributed by atoms with van der Waals surface area (Å²) in [7, 11) is 2.22. The smallest absolute Gasteiger partial charge is 0.465 e. The molecule has 20 heteroatoms. The third kappa shape index (κ3) is 9.95. The number of anilines is 4. The minimum absolute atomic E-state index is 0.0590. The summed E-state index contributed by atoms with van der Waals surface area (Å²) in [6, 6.07) is 14.3. The summed E-state index contributed by atoms with van der Waals surface area (Å²) in [5, 5.41) is 0.976. The predicted octanol–water partition coefficient (Wildman–Crippen LogP) is 10.2. The van der Waals surface area contributed by atoms with Crippen LogP contribution in [-0.4, -0.2) is 81.5 Å². The van der Waals surface area contributed by atoms with Gasteiger partial charge in [0.2, 0.25) is 0 Å². The highest BCUT2D eigenvalue weighted by Gasteiger charge is 2.47. The number of aromatic amines is 1. The van der Waals surface area contributed by atoms with E-state index in [0.29, 0.717) is 37.2 Å². The molecule has 0 radical (unpaired) electrons. The van der Waals surface area contributed by atoms with Gasteiger partial charge in [-0.25, -0.2) is 24.4 Å². The van der Waals surface area contributed by atoms with Crippen molar-refractivity contribution in [3.8, 4) is 0 Å². The van der Waals surface area contributed by atoms with E-state index in [1.807, 2.05) is 0 Å². The van der Waals surface area contributed by atoms with E-state index in [2.05, 4.69) is 15.0 Å². The second kappa shape index (κ2) is 17.4. The third-order valence-corrected chi connectivity index (χ3v) is 10.3. The van der Waals surface area contributed by atoms with Gasteiger partial charge in [0.1, 0.15) is 16.7 Å². The Morgan fingerprint density at radius 1 is 0.662 bits per heavy atom. The summed E-state index contributed by atoms with van der Waals surface area (Å²) in [6.07, 6.45) is -1.70. The van der Waals surface area contributed by atoms with Crippen molar-refractivity contribution in [3.63, 3.8) is 0 Å². The van der Waals surface area contributed by atoms with Crippen molar-refractivity contribution in [1.29, 1.82) is 0 Å². The van der Waals surface area contributed by atoms with Crippen LogP contribution in [0, 0.1) is 0 Å². The minimum atomic E-state index is -5.26. The Morgan fingerprint density at radius 2 is 1.14 bits per heavy atom. The van der Waals surface area contributed by atoms with Crippen LogP contribution in [0.2, 0.25) is 0 Å². The van der Waals surface area contributed by atoms with E-state index in [1.165, 1.54) is 71.7 Å². The van der Waals surface area contributed by atoms with Gasteiger partial charge in [-0.1, -0.05) is 0 Å². The lowest BCUT2D eigenvalue weighted by Crippen LogP contribution is -2.39. The Balaban J connectivity index is 0.000000198. The van der Waals surface area contributed by atoms with Crippen LogP contribution in [0.3, 0.4) is 0 Å². The number of hydrogen-bond acceptors (Lipinski definition) is 10. The molecule has 2 amide bonds. The molecule has 6 aromatic rings. The third-order valence-electron chi connectivity index (χ3n) is 10.3. The quantitative estimate of drug-likeness (QED) is 0.0882. The van der Waals surface area contributed by atoms with E-state index in [9.17, 15) is 50.3 Å². The zero-order chi connectivity index (χ0) is 47.2. The molecule has 4 aromatic heterocycles. The maximum Gasteiger partial charge on any atom is 0.472 e. The number of hydrogen-bond donors (Lipinski definition) is 1. The first-order valence-corrected chi connectivity index (χ1v) is 20.0. The Kier molecular flexibility index (Phi) is 12.2. The molecular formula is C45H40F6N6O8. The van der Waals surface area contributed by atoms with Crippen LogP contribution in [0.5, 0.6) is 0 Å². The second-order valence-corrected chi connectivity index (χ2v) is 16.2. The number of amides is 2. The van der Waals surface area contributed by atoms with Gasteiger partial charge in [0, 0.05) is 41.1 Å². The average Bonchev–Trinajstić information content (AvgIpc) is 4.19. The van der Waals surface area contributed by atoms with Crippen LogP contribution in [0.4, 0.5) is 54.1 Å². The molecule has 2 saturated carbocycles. The summed E-state index contributed by atoms with van der Waals surface area (Å²) in [6.45, 7) is 5.11. The Hall–Kier alpha value is -7.25. The van der Waals surface area contributed by atoms with Crippen LogP contribution in [-0.2, 0) is 23.8 Å². The largest absolute Gasteiger partial charge is 0.472 e. The lowest BCUT2D eigenvalue weighted by Gasteiger charge is -2.25. The van der Waals surface area contributed by atoms with Crippen LogP contribution in [0.1, 0.15) is 90.1 Å². The van der Waals surface area contributed by atoms with Crippen LogP contribution >= 0.6 is 0 Å². The van der Waals surface area contributed by atoms with E-state index in [0.717, 1.165) is 45.5 Å². The van der Waals surface area contributed by atoms with Crippen molar-refractivity contribution < 1.29 is 64.5 Å². The maximum absolute atomic E-state index is 13.7. The van der Waals surface area contributed by atoms with Gasteiger partial charge in [-0.3, -0.25) is 24.0 Å². The fourth-order valence-electron chi connectivity index (χ4n) is 6.95. The molecule has 0 bridgehead atoms. The van der Waals surface area contributed by atoms with Gasteiger partial charge in [0.05, 0.1) is 31.1 Å². The molecule has 340 valence electrons. The molecule has 8 rings (SSSR count). The van der Waals surface area contributed by atoms with Crippen LogP contribution in [0.15, 0.2) is 85.5 Å². The van der Waals surface area contributed by atoms with Crippen LogP contribution in [0.25, 0.3) is 21.8 Å². The highest BCUT2D eigenvalue weighted by Crippen LogP contribution is 2.44. The normalized spacial score (nSPS) is 14.0. The number of rotatable bonds is 8. The SMILES string of the molecule is COC(=O)c1cc(C2CC2)cnc1N(C(=O)C(F)(F)F)c1ccc2[nH]ccc2c1.COC(=O)c1cc(C2CC2)cnc1N(C(=O)C(F)(F)F)c1ccc2c(ccn2C(=O)OC(C)(C)C)c1. The highest BCUT2D eigenvalue weighted by molar-refractivity contribution is 6.10. The van der Waals surface area contributed by atoms with E-state index < -0.39 is 59.4 Å². The first kappa shape index (κ1) is 45.8. The molecule has 65 heavy (non-hydrogen) atoms. The summed E-state index contributed by atoms with van der Waals surface area (Å²) in [5.41, 5.74) is 1.01. The van der Waals surface area contributed by atoms with Crippen LogP contribution < -0.4 is 9.80 Å². The first-order chi connectivity index (χ1) is 30.6. The van der Waals surface area contributed by atoms with Crippen molar-refractivity contribution >= 4 is 74.7 Å². The van der Waals surface area contributed by atoms with Gasteiger partial charge in [0.25, 0.3) is 0 Å². The molecule has 4 heterocycles. The number of H-pyrrole nitrogens is 1. The minimum Gasteiger partial charge on any atom is -0.465 e. The average molecular weight is 907 g/mol. The molecule has 2 fully saturated rings. The summed E-state index contributed by atoms with van der Waals surface area (Å²) in [5.74, 6) is -6.71. The molecule has 2 aromatic carbocycles. The van der Waals surface area contributed by atoms with Crippen molar-refractivity contribution in [3.05, 3.63) is 108 Å². The number of nitrogens with one attached hydrogen (secondary N) is 1. The molecule has 0 atom stereocenters. The number of ether oxygens (including phenoxy) is 3. The van der Waals surface area contributed by atoms with Crippen molar-refractivity contribution in [2.75, 3.05) is 24.0 Å². The topological polar surface area (TPSA) is 166 Å². The van der Waals surface area contributed by atoms with Crippen molar-refractivity contribution in [2.45, 2.75) is 76.2 Å². The van der Waals surface area contributed by atoms with E-state index in [-0.39, 0.29) is 34.3 Å². The zero-order valence-electron chi connectivity index (χ0n) is 35.3. The van der Waals surface area contributed by atoms with Gasteiger partial charge >= 0.3 is 42.2 Å². The molecule has 0 spiro atoms. The molecule has 0 saturated heterocycles. The Labute approximate surface area is 366 Å². The number of benzene rings is 2. The van der Waals surface area contributed by atoms with Gasteiger partial charge in [0.15, 0.2) is 11.6 Å². The lowest BCUT2D eigenvalue weighted by molar-refractivity contribution is -0.169. The number of aromatic nitrogens is 4. The Morgan fingerprint density at radius 3 is 1.58 bits per heavy atom. The number of alkyl halides is 6. The standard InChI is InChI=1S/C25H24F3N3O5.C20H16F3N3O3/c1-24(2,3)36-23(34)30-10-9-15-11-17(7-8-19(15)30)31(22(33)25(26,27)28)20-18(21(32)35-4)12-16(13-29-20)14-5-6-14;1-29-18(27)15-9-13(11-2-3-11)10-25-17(15)26(19(28)20(21,22)23)14-4-5-16-12(8-14)6-7-24-16/h7-14H,5-6H2,1-4H3;4-11,24H,2-3H2,1H3. The molecule has 0 unspecified atom stereocenters. The number of nitrogens with zero attached hydrogens (tertiary/aromatic N) is 5.